The summed E-state index contributed by atoms with van der Waals surface area (Å²) in [5, 5.41) is 44.5. The van der Waals surface area contributed by atoms with Crippen molar-refractivity contribution in [2.45, 2.75) is 56.7 Å². The lowest BCUT2D eigenvalue weighted by atomic mass is 9.99. The molecule has 9 nitrogen and oxygen atoms in total. The first-order chi connectivity index (χ1) is 14.8. The van der Waals surface area contributed by atoms with Crippen LogP contribution < -0.4 is 10.1 Å². The van der Waals surface area contributed by atoms with E-state index in [1.807, 2.05) is 56.3 Å². The van der Waals surface area contributed by atoms with Crippen LogP contribution in [0.2, 0.25) is 0 Å². The van der Waals surface area contributed by atoms with E-state index < -0.39 is 42.8 Å². The molecular weight excluding hydrogens is 406 g/mol. The summed E-state index contributed by atoms with van der Waals surface area (Å²) in [5.74, 6) is -0.809. The van der Waals surface area contributed by atoms with Crippen LogP contribution >= 0.6 is 0 Å². The SMILES string of the molecule is CC(C)NCC(COc1cccc2ccccc12)OC1O[C@H](C(=O)O)[C@@H](O)[C@H](O)[C@H]1O. The molecule has 0 bridgehead atoms. The molecule has 3 rings (SSSR count). The van der Waals surface area contributed by atoms with E-state index in [9.17, 15) is 25.2 Å². The second-order valence-corrected chi connectivity index (χ2v) is 7.84. The van der Waals surface area contributed by atoms with Gasteiger partial charge < -0.3 is 40.0 Å². The number of nitrogens with one attached hydrogen (secondary N) is 1. The molecule has 6 atom stereocenters. The third-order valence-corrected chi connectivity index (χ3v) is 5.07. The first-order valence-corrected chi connectivity index (χ1v) is 10.2. The number of aliphatic carboxylic acids is 1. The van der Waals surface area contributed by atoms with Gasteiger partial charge in [-0.15, -0.1) is 0 Å². The van der Waals surface area contributed by atoms with Crippen LogP contribution in [0, 0.1) is 0 Å². The monoisotopic (exact) mass is 435 g/mol. The van der Waals surface area contributed by atoms with Crippen molar-refractivity contribution in [3.05, 3.63) is 42.5 Å². The fourth-order valence-corrected chi connectivity index (χ4v) is 3.37. The zero-order chi connectivity index (χ0) is 22.5. The standard InChI is InChI=1S/C22H29NO8/c1-12(2)23-10-14(11-29-16-9-5-7-13-6-3-4-8-15(13)16)30-22-19(26)17(24)18(25)20(31-22)21(27)28/h3-9,12,14,17-20,22-26H,10-11H2,1-2H3,(H,27,28)/t14?,17-,18-,19+,20-,22?/m0/s1. The first-order valence-electron chi connectivity index (χ1n) is 10.2. The molecule has 0 saturated carbocycles. The molecule has 0 radical (unpaired) electrons. The molecule has 2 aromatic carbocycles. The summed E-state index contributed by atoms with van der Waals surface area (Å²) < 4.78 is 17.0. The van der Waals surface area contributed by atoms with Crippen LogP contribution in [0.4, 0.5) is 0 Å². The Bertz CT molecular complexity index is 870. The fourth-order valence-electron chi connectivity index (χ4n) is 3.37. The van der Waals surface area contributed by atoms with Crippen molar-refractivity contribution < 1.29 is 39.4 Å². The van der Waals surface area contributed by atoms with Crippen molar-refractivity contribution in [3.63, 3.8) is 0 Å². The molecular formula is C22H29NO8. The Kier molecular flexibility index (Phi) is 7.82. The largest absolute Gasteiger partial charge is 0.490 e. The number of fused-ring (bicyclic) bond motifs is 1. The van der Waals surface area contributed by atoms with Gasteiger partial charge in [0.1, 0.15) is 36.8 Å². The van der Waals surface area contributed by atoms with E-state index in [2.05, 4.69) is 5.32 Å². The molecule has 1 heterocycles. The third-order valence-electron chi connectivity index (χ3n) is 5.07. The molecule has 0 amide bonds. The summed E-state index contributed by atoms with van der Waals surface area (Å²) in [7, 11) is 0. The lowest BCUT2D eigenvalue weighted by Crippen LogP contribution is -2.61. The predicted octanol–water partition coefficient (Wildman–Crippen LogP) is 0.494. The van der Waals surface area contributed by atoms with E-state index in [0.717, 1.165) is 10.8 Å². The van der Waals surface area contributed by atoms with Crippen LogP contribution in [-0.4, -0.2) is 82.4 Å². The molecule has 9 heteroatoms. The van der Waals surface area contributed by atoms with E-state index >= 15 is 0 Å². The van der Waals surface area contributed by atoms with Gasteiger partial charge in [0.25, 0.3) is 0 Å². The normalized spacial score (nSPS) is 27.4. The van der Waals surface area contributed by atoms with Crippen LogP contribution in [-0.2, 0) is 14.3 Å². The van der Waals surface area contributed by atoms with Gasteiger partial charge >= 0.3 is 5.97 Å². The highest BCUT2D eigenvalue weighted by Gasteiger charge is 2.48. The number of aliphatic hydroxyl groups excluding tert-OH is 3. The number of carboxylic acids is 1. The third kappa shape index (κ3) is 5.70. The average Bonchev–Trinajstić information content (AvgIpc) is 2.75. The minimum Gasteiger partial charge on any atom is -0.490 e. The molecule has 1 aliphatic heterocycles. The molecule has 2 aromatic rings. The maximum Gasteiger partial charge on any atom is 0.335 e. The van der Waals surface area contributed by atoms with Crippen LogP contribution in [0.1, 0.15) is 13.8 Å². The molecule has 1 saturated heterocycles. The van der Waals surface area contributed by atoms with Crippen molar-refractivity contribution >= 4 is 16.7 Å². The summed E-state index contributed by atoms with van der Waals surface area (Å²) >= 11 is 0. The summed E-state index contributed by atoms with van der Waals surface area (Å²) in [6.45, 7) is 4.31. The molecule has 1 fully saturated rings. The average molecular weight is 435 g/mol. The summed E-state index contributed by atoms with van der Waals surface area (Å²) in [6.07, 6.45) is -8.93. The van der Waals surface area contributed by atoms with Gasteiger partial charge in [0.15, 0.2) is 12.4 Å². The van der Waals surface area contributed by atoms with Crippen LogP contribution in [0.15, 0.2) is 42.5 Å². The number of carboxylic acid groups (broad SMARTS) is 1. The van der Waals surface area contributed by atoms with Crippen LogP contribution in [0.5, 0.6) is 5.75 Å². The van der Waals surface area contributed by atoms with E-state index in [1.165, 1.54) is 0 Å². The van der Waals surface area contributed by atoms with E-state index in [-0.39, 0.29) is 12.6 Å². The molecule has 0 aromatic heterocycles. The fraction of sp³-hybridized carbons (Fsp3) is 0.500. The molecule has 170 valence electrons. The number of hydrogen-bond donors (Lipinski definition) is 5. The zero-order valence-electron chi connectivity index (χ0n) is 17.4. The Hall–Kier alpha value is -2.27. The summed E-state index contributed by atoms with van der Waals surface area (Å²) in [4.78, 5) is 11.3. The minimum absolute atomic E-state index is 0.0801. The van der Waals surface area contributed by atoms with Gasteiger partial charge in [0, 0.05) is 18.0 Å². The van der Waals surface area contributed by atoms with Gasteiger partial charge in [-0.1, -0.05) is 50.2 Å². The van der Waals surface area contributed by atoms with Gasteiger partial charge in [-0.3, -0.25) is 0 Å². The molecule has 1 aliphatic rings. The van der Waals surface area contributed by atoms with Gasteiger partial charge in [-0.2, -0.15) is 0 Å². The Morgan fingerprint density at radius 2 is 1.77 bits per heavy atom. The van der Waals surface area contributed by atoms with Gasteiger partial charge in [0.2, 0.25) is 0 Å². The molecule has 31 heavy (non-hydrogen) atoms. The van der Waals surface area contributed by atoms with Gasteiger partial charge in [0.05, 0.1) is 0 Å². The van der Waals surface area contributed by atoms with Crippen molar-refractivity contribution in [1.29, 1.82) is 0 Å². The zero-order valence-corrected chi connectivity index (χ0v) is 17.4. The van der Waals surface area contributed by atoms with E-state index in [1.54, 1.807) is 0 Å². The van der Waals surface area contributed by atoms with Crippen LogP contribution in [0.3, 0.4) is 0 Å². The molecule has 5 N–H and O–H groups in total. The maximum absolute atomic E-state index is 11.3. The van der Waals surface area contributed by atoms with E-state index in [0.29, 0.717) is 12.3 Å². The number of hydrogen-bond acceptors (Lipinski definition) is 8. The van der Waals surface area contributed by atoms with Crippen molar-refractivity contribution in [2.24, 2.45) is 0 Å². The Morgan fingerprint density at radius 3 is 2.48 bits per heavy atom. The highest BCUT2D eigenvalue weighted by Crippen LogP contribution is 2.26. The van der Waals surface area contributed by atoms with Gasteiger partial charge in [-0.25, -0.2) is 4.79 Å². The number of rotatable bonds is 9. The van der Waals surface area contributed by atoms with Crippen molar-refractivity contribution in [3.8, 4) is 5.75 Å². The summed E-state index contributed by atoms with van der Waals surface area (Å²) in [5.41, 5.74) is 0. The number of carbonyl (C=O) groups is 1. The van der Waals surface area contributed by atoms with Crippen LogP contribution in [0.25, 0.3) is 10.8 Å². The van der Waals surface area contributed by atoms with Crippen molar-refractivity contribution in [2.75, 3.05) is 13.2 Å². The smallest absolute Gasteiger partial charge is 0.335 e. The molecule has 2 unspecified atom stereocenters. The Morgan fingerprint density at radius 1 is 1.06 bits per heavy atom. The maximum atomic E-state index is 11.3. The minimum atomic E-state index is -1.77. The Balaban J connectivity index is 1.73. The molecule has 0 aliphatic carbocycles. The first kappa shape index (κ1) is 23.4. The topological polar surface area (TPSA) is 138 Å². The van der Waals surface area contributed by atoms with Gasteiger partial charge in [-0.05, 0) is 11.5 Å². The highest BCUT2D eigenvalue weighted by atomic mass is 16.7. The number of benzene rings is 2. The highest BCUT2D eigenvalue weighted by molar-refractivity contribution is 5.88. The lowest BCUT2D eigenvalue weighted by Gasteiger charge is -2.39. The lowest BCUT2D eigenvalue weighted by molar-refractivity contribution is -0.305. The quantitative estimate of drug-likeness (QED) is 0.381. The second-order valence-electron chi connectivity index (χ2n) is 7.84. The van der Waals surface area contributed by atoms with E-state index in [4.69, 9.17) is 14.2 Å². The molecule has 0 spiro atoms. The van der Waals surface area contributed by atoms with Crippen molar-refractivity contribution in [1.82, 2.24) is 5.32 Å². The summed E-state index contributed by atoms with van der Waals surface area (Å²) in [6, 6.07) is 13.6. The Labute approximate surface area is 180 Å². The second kappa shape index (κ2) is 10.4. The number of aliphatic hydroxyl groups is 3. The predicted molar refractivity (Wildman–Crippen MR) is 112 cm³/mol. The number of ether oxygens (including phenoxy) is 3.